The minimum Gasteiger partial charge on any atom is -0.435 e. The third kappa shape index (κ3) is 6.42. The second-order valence-electron chi connectivity index (χ2n) is 4.71. The number of guanidine groups is 1. The van der Waals surface area contributed by atoms with E-state index in [9.17, 15) is 8.78 Å². The molecule has 0 heterocycles. The molecule has 0 saturated heterocycles. The first-order chi connectivity index (χ1) is 10.1. The van der Waals surface area contributed by atoms with Crippen LogP contribution in [0.1, 0.15) is 25.3 Å². The summed E-state index contributed by atoms with van der Waals surface area (Å²) in [5, 5.41) is 3.28. The van der Waals surface area contributed by atoms with Crippen molar-refractivity contribution in [3.63, 3.8) is 0 Å². The molecule has 0 radical (unpaired) electrons. The molecule has 1 aromatic rings. The zero-order valence-corrected chi connectivity index (χ0v) is 12.8. The number of nitrogens with zero attached hydrogens (tertiary/aromatic N) is 2. The summed E-state index contributed by atoms with van der Waals surface area (Å²) in [5.74, 6) is 0.984. The summed E-state index contributed by atoms with van der Waals surface area (Å²) >= 11 is 0. The Hall–Kier alpha value is -1.85. The molecule has 0 aliphatic rings. The molecule has 4 nitrogen and oxygen atoms in total. The van der Waals surface area contributed by atoms with Crippen molar-refractivity contribution >= 4 is 5.96 Å². The van der Waals surface area contributed by atoms with Gasteiger partial charge in [-0.3, -0.25) is 4.99 Å². The topological polar surface area (TPSA) is 36.9 Å². The maximum atomic E-state index is 12.1. The number of nitrogens with one attached hydrogen (secondary N) is 1. The van der Waals surface area contributed by atoms with E-state index in [0.29, 0.717) is 6.54 Å². The molecule has 6 heteroatoms. The summed E-state index contributed by atoms with van der Waals surface area (Å²) in [5.41, 5.74) is 0.998. The molecule has 118 valence electrons. The Morgan fingerprint density at radius 3 is 2.52 bits per heavy atom. The number of alkyl halides is 2. The van der Waals surface area contributed by atoms with Crippen molar-refractivity contribution in [2.45, 2.75) is 32.9 Å². The third-order valence-electron chi connectivity index (χ3n) is 2.96. The van der Waals surface area contributed by atoms with Crippen molar-refractivity contribution in [3.05, 3.63) is 29.8 Å². The van der Waals surface area contributed by atoms with E-state index < -0.39 is 6.61 Å². The zero-order valence-electron chi connectivity index (χ0n) is 12.8. The fourth-order valence-corrected chi connectivity index (χ4v) is 1.89. The van der Waals surface area contributed by atoms with Gasteiger partial charge in [0.15, 0.2) is 5.96 Å². The monoisotopic (exact) mass is 299 g/mol. The Kier molecular flexibility index (Phi) is 7.50. The van der Waals surface area contributed by atoms with Gasteiger partial charge in [0.1, 0.15) is 5.75 Å². The molecule has 0 atom stereocenters. The van der Waals surface area contributed by atoms with E-state index in [-0.39, 0.29) is 5.75 Å². The number of ether oxygens (including phenoxy) is 1. The fraction of sp³-hybridized carbons (Fsp3) is 0.533. The summed E-state index contributed by atoms with van der Waals surface area (Å²) in [4.78, 5) is 6.21. The molecule has 1 N–H and O–H groups in total. The molecule has 0 amide bonds. The van der Waals surface area contributed by atoms with Crippen LogP contribution in [-0.2, 0) is 6.54 Å². The van der Waals surface area contributed by atoms with Crippen LogP contribution >= 0.6 is 0 Å². The standard InChI is InChI=1S/C15H23F2N3O/c1-4-5-10-19-15(18-2)20(3)11-12-6-8-13(9-7-12)21-14(16)17/h6-9,14H,4-5,10-11H2,1-3H3,(H,18,19). The molecular formula is C15H23F2N3O. The van der Waals surface area contributed by atoms with Gasteiger partial charge < -0.3 is 15.0 Å². The fourth-order valence-electron chi connectivity index (χ4n) is 1.89. The van der Waals surface area contributed by atoms with Crippen LogP contribution < -0.4 is 10.1 Å². The van der Waals surface area contributed by atoms with E-state index in [1.54, 1.807) is 31.3 Å². The van der Waals surface area contributed by atoms with Crippen LogP contribution in [0, 0.1) is 0 Å². The number of unbranched alkanes of at least 4 members (excludes halogenated alkanes) is 1. The zero-order chi connectivity index (χ0) is 15.7. The van der Waals surface area contributed by atoms with Crippen LogP contribution in [0.2, 0.25) is 0 Å². The van der Waals surface area contributed by atoms with Gasteiger partial charge in [0.05, 0.1) is 0 Å². The number of hydrogen-bond donors (Lipinski definition) is 1. The number of rotatable bonds is 7. The summed E-state index contributed by atoms with van der Waals surface area (Å²) in [7, 11) is 3.68. The first-order valence-electron chi connectivity index (χ1n) is 7.02. The Bertz CT molecular complexity index is 435. The molecule has 0 aromatic heterocycles. The second-order valence-corrected chi connectivity index (χ2v) is 4.71. The number of aliphatic imine (C=N–C) groups is 1. The Labute approximate surface area is 124 Å². The first kappa shape index (κ1) is 17.2. The molecule has 0 fully saturated rings. The molecule has 1 rings (SSSR count). The van der Waals surface area contributed by atoms with Crippen molar-refractivity contribution in [2.24, 2.45) is 4.99 Å². The van der Waals surface area contributed by atoms with Crippen LogP contribution in [-0.4, -0.2) is 38.1 Å². The van der Waals surface area contributed by atoms with Crippen molar-refractivity contribution in [1.82, 2.24) is 10.2 Å². The normalized spacial score (nSPS) is 11.6. The molecule has 21 heavy (non-hydrogen) atoms. The van der Waals surface area contributed by atoms with E-state index in [1.165, 1.54) is 0 Å². The van der Waals surface area contributed by atoms with E-state index >= 15 is 0 Å². The molecular weight excluding hydrogens is 276 g/mol. The molecule has 0 spiro atoms. The van der Waals surface area contributed by atoms with Crippen LogP contribution in [0.25, 0.3) is 0 Å². The Morgan fingerprint density at radius 1 is 1.33 bits per heavy atom. The van der Waals surface area contributed by atoms with E-state index in [0.717, 1.165) is 30.9 Å². The van der Waals surface area contributed by atoms with E-state index in [2.05, 4.69) is 22.0 Å². The second kappa shape index (κ2) is 9.15. The number of benzene rings is 1. The summed E-state index contributed by atoms with van der Waals surface area (Å²) < 4.78 is 28.5. The van der Waals surface area contributed by atoms with Crippen LogP contribution in [0.15, 0.2) is 29.3 Å². The van der Waals surface area contributed by atoms with Crippen LogP contribution in [0.4, 0.5) is 8.78 Å². The summed E-state index contributed by atoms with van der Waals surface area (Å²) in [6, 6.07) is 6.63. The van der Waals surface area contributed by atoms with Gasteiger partial charge in [0.25, 0.3) is 0 Å². The molecule has 0 aliphatic heterocycles. The summed E-state index contributed by atoms with van der Waals surface area (Å²) in [6.45, 7) is 0.868. The lowest BCUT2D eigenvalue weighted by Gasteiger charge is -2.22. The van der Waals surface area contributed by atoms with E-state index in [1.807, 2.05) is 11.9 Å². The average Bonchev–Trinajstić information content (AvgIpc) is 2.45. The minimum atomic E-state index is -2.79. The predicted octanol–water partition coefficient (Wildman–Crippen LogP) is 3.10. The van der Waals surface area contributed by atoms with Gasteiger partial charge in [-0.15, -0.1) is 0 Å². The predicted molar refractivity (Wildman–Crippen MR) is 80.8 cm³/mol. The maximum absolute atomic E-state index is 12.1. The SMILES string of the molecule is CCCCNC(=NC)N(C)Cc1ccc(OC(F)F)cc1. The summed E-state index contributed by atoms with van der Waals surface area (Å²) in [6.07, 6.45) is 2.21. The Morgan fingerprint density at radius 2 is 2.00 bits per heavy atom. The molecule has 0 aliphatic carbocycles. The third-order valence-corrected chi connectivity index (χ3v) is 2.96. The van der Waals surface area contributed by atoms with Gasteiger partial charge in [0.2, 0.25) is 0 Å². The van der Waals surface area contributed by atoms with Gasteiger partial charge in [0, 0.05) is 27.2 Å². The van der Waals surface area contributed by atoms with Gasteiger partial charge in [-0.05, 0) is 24.1 Å². The van der Waals surface area contributed by atoms with Crippen molar-refractivity contribution in [3.8, 4) is 5.75 Å². The highest BCUT2D eigenvalue weighted by Gasteiger charge is 2.07. The van der Waals surface area contributed by atoms with Crippen LogP contribution in [0.3, 0.4) is 0 Å². The Balaban J connectivity index is 2.54. The largest absolute Gasteiger partial charge is 0.435 e. The minimum absolute atomic E-state index is 0.168. The van der Waals surface area contributed by atoms with Crippen LogP contribution in [0.5, 0.6) is 5.75 Å². The van der Waals surface area contributed by atoms with Gasteiger partial charge in [-0.2, -0.15) is 8.78 Å². The van der Waals surface area contributed by atoms with E-state index in [4.69, 9.17) is 0 Å². The van der Waals surface area contributed by atoms with Gasteiger partial charge >= 0.3 is 6.61 Å². The van der Waals surface area contributed by atoms with Crippen molar-refractivity contribution in [1.29, 1.82) is 0 Å². The lowest BCUT2D eigenvalue weighted by atomic mass is 10.2. The molecule has 0 bridgehead atoms. The lowest BCUT2D eigenvalue weighted by molar-refractivity contribution is -0.0498. The van der Waals surface area contributed by atoms with Crippen molar-refractivity contribution in [2.75, 3.05) is 20.6 Å². The highest BCUT2D eigenvalue weighted by atomic mass is 19.3. The first-order valence-corrected chi connectivity index (χ1v) is 7.02. The van der Waals surface area contributed by atoms with Gasteiger partial charge in [-0.1, -0.05) is 25.5 Å². The average molecular weight is 299 g/mol. The number of halogens is 2. The quantitative estimate of drug-likeness (QED) is 0.477. The molecule has 1 aromatic carbocycles. The lowest BCUT2D eigenvalue weighted by Crippen LogP contribution is -2.38. The smallest absolute Gasteiger partial charge is 0.387 e. The molecule has 0 saturated carbocycles. The number of hydrogen-bond acceptors (Lipinski definition) is 2. The molecule has 0 unspecified atom stereocenters. The highest BCUT2D eigenvalue weighted by molar-refractivity contribution is 5.79. The maximum Gasteiger partial charge on any atom is 0.387 e. The highest BCUT2D eigenvalue weighted by Crippen LogP contribution is 2.15. The van der Waals surface area contributed by atoms with Crippen molar-refractivity contribution < 1.29 is 13.5 Å². The van der Waals surface area contributed by atoms with Gasteiger partial charge in [-0.25, -0.2) is 0 Å².